The number of dihydropyridines is 1. The molecule has 1 aromatic rings. The van der Waals surface area contributed by atoms with E-state index < -0.39 is 5.82 Å². The van der Waals surface area contributed by atoms with Crippen LogP contribution in [0.1, 0.15) is 31.7 Å². The lowest BCUT2D eigenvalue weighted by atomic mass is 9.90. The number of nitrogens with zero attached hydrogens (tertiary/aromatic N) is 3. The van der Waals surface area contributed by atoms with E-state index in [9.17, 15) is 18.8 Å². The molecule has 8 nitrogen and oxygen atoms in total. The van der Waals surface area contributed by atoms with Gasteiger partial charge in [-0.25, -0.2) is 4.39 Å². The molecule has 4 heterocycles. The molecular weight excluding hydrogens is 533 g/mol. The molecule has 3 amide bonds. The van der Waals surface area contributed by atoms with Crippen molar-refractivity contribution in [1.29, 1.82) is 0 Å². The molecule has 1 saturated heterocycles. The molecular formula is C30H31ClFN5O3. The number of allylic oxidation sites excluding steroid dienone is 4. The van der Waals surface area contributed by atoms with E-state index in [-0.39, 0.29) is 30.2 Å². The zero-order valence-electron chi connectivity index (χ0n) is 22.5. The van der Waals surface area contributed by atoms with Crippen LogP contribution in [0.25, 0.3) is 0 Å². The summed E-state index contributed by atoms with van der Waals surface area (Å²) in [4.78, 5) is 44.5. The maximum Gasteiger partial charge on any atom is 0.258 e. The highest BCUT2D eigenvalue weighted by atomic mass is 35.5. The first-order valence-electron chi connectivity index (χ1n) is 13.6. The first kappa shape index (κ1) is 26.4. The number of hydrogen-bond acceptors (Lipinski definition) is 5. The number of rotatable bonds is 4. The van der Waals surface area contributed by atoms with Gasteiger partial charge >= 0.3 is 0 Å². The normalized spacial score (nSPS) is 20.9. The maximum atomic E-state index is 13.7. The van der Waals surface area contributed by atoms with Crippen LogP contribution in [0.5, 0.6) is 0 Å². The van der Waals surface area contributed by atoms with Crippen molar-refractivity contribution < 1.29 is 18.8 Å². The molecule has 4 aliphatic heterocycles. The van der Waals surface area contributed by atoms with Crippen molar-refractivity contribution in [2.75, 3.05) is 33.2 Å². The third kappa shape index (κ3) is 4.62. The summed E-state index contributed by atoms with van der Waals surface area (Å²) in [7, 11) is 1.81. The Bertz CT molecular complexity index is 1480. The van der Waals surface area contributed by atoms with Gasteiger partial charge in [-0.1, -0.05) is 11.6 Å². The standard InChI is InChI=1S/C30H31ClFN5O3/c1-17(38)36-9-7-22(8-10-36)37-16-19-14-33-15-26-28(19)29(30(40)35(26)2)23-13-21(4-6-25(23)37)34-27(39)12-18-11-20(32)3-5-24(18)31/h3-6,11,14,22,33H,7-10,12-13,15-16H2,1-2H3,(H,34,39). The third-order valence-corrected chi connectivity index (χ3v) is 8.78. The number of benzene rings is 1. The number of piperidine rings is 1. The first-order valence-corrected chi connectivity index (χ1v) is 13.9. The number of nitrogens with one attached hydrogen (secondary N) is 2. The fourth-order valence-corrected chi connectivity index (χ4v) is 6.55. The van der Waals surface area contributed by atoms with Crippen LogP contribution in [0.15, 0.2) is 75.9 Å². The van der Waals surface area contributed by atoms with Crippen molar-refractivity contribution in [2.24, 2.45) is 0 Å². The van der Waals surface area contributed by atoms with Gasteiger partial charge in [-0.3, -0.25) is 14.4 Å². The van der Waals surface area contributed by atoms with Crippen LogP contribution in [0.2, 0.25) is 5.02 Å². The lowest BCUT2D eigenvalue weighted by Crippen LogP contribution is -2.47. The van der Waals surface area contributed by atoms with Gasteiger partial charge in [0.1, 0.15) is 5.82 Å². The van der Waals surface area contributed by atoms with Crippen LogP contribution in [0.3, 0.4) is 0 Å². The molecule has 2 N–H and O–H groups in total. The summed E-state index contributed by atoms with van der Waals surface area (Å²) >= 11 is 6.18. The zero-order valence-corrected chi connectivity index (χ0v) is 23.3. The SMILES string of the molecule is CC(=O)N1CCC(N2CC3=CNCC4=C3C(=C3CC(NC(=O)Cc5cc(F)ccc5Cl)=CC=C32)C(=O)N4C)CC1. The van der Waals surface area contributed by atoms with Gasteiger partial charge in [0.05, 0.1) is 18.5 Å². The highest BCUT2D eigenvalue weighted by Gasteiger charge is 2.43. The summed E-state index contributed by atoms with van der Waals surface area (Å²) in [6, 6.07) is 4.18. The van der Waals surface area contributed by atoms with E-state index in [0.717, 1.165) is 41.0 Å². The quantitative estimate of drug-likeness (QED) is 0.588. The molecule has 40 heavy (non-hydrogen) atoms. The van der Waals surface area contributed by atoms with Crippen LogP contribution in [-0.2, 0) is 20.8 Å². The number of likely N-dealkylation sites (tertiary alicyclic amines) is 1. The van der Waals surface area contributed by atoms with Crippen LogP contribution in [0, 0.1) is 5.82 Å². The molecule has 5 aliphatic rings. The average molecular weight is 564 g/mol. The highest BCUT2D eigenvalue weighted by molar-refractivity contribution is 6.31. The van der Waals surface area contributed by atoms with Gasteiger partial charge in [-0.2, -0.15) is 0 Å². The van der Waals surface area contributed by atoms with Crippen molar-refractivity contribution in [3.63, 3.8) is 0 Å². The van der Waals surface area contributed by atoms with Crippen LogP contribution >= 0.6 is 11.6 Å². The Morgan fingerprint density at radius 1 is 1.18 bits per heavy atom. The Morgan fingerprint density at radius 3 is 2.70 bits per heavy atom. The molecule has 0 radical (unpaired) electrons. The topological polar surface area (TPSA) is 85.0 Å². The fourth-order valence-electron chi connectivity index (χ4n) is 6.36. The summed E-state index contributed by atoms with van der Waals surface area (Å²) in [5.41, 5.74) is 6.65. The Morgan fingerprint density at radius 2 is 1.95 bits per heavy atom. The van der Waals surface area contributed by atoms with Crippen molar-refractivity contribution in [3.8, 4) is 0 Å². The molecule has 1 aromatic carbocycles. The zero-order chi connectivity index (χ0) is 28.1. The minimum absolute atomic E-state index is 0.0483. The van der Waals surface area contributed by atoms with Crippen LogP contribution in [-0.4, -0.2) is 71.7 Å². The number of likely N-dealkylation sites (N-methyl/N-ethyl adjacent to an activating group) is 1. The van der Waals surface area contributed by atoms with E-state index in [2.05, 4.69) is 15.5 Å². The number of carbonyl (C=O) groups excluding carboxylic acids is 3. The van der Waals surface area contributed by atoms with Gasteiger partial charge < -0.3 is 25.3 Å². The van der Waals surface area contributed by atoms with Crippen molar-refractivity contribution in [1.82, 2.24) is 25.3 Å². The molecule has 1 aliphatic carbocycles. The number of halogens is 2. The molecule has 0 atom stereocenters. The molecule has 6 rings (SSSR count). The molecule has 0 saturated carbocycles. The first-order chi connectivity index (χ1) is 19.2. The van der Waals surface area contributed by atoms with Crippen molar-refractivity contribution in [3.05, 3.63) is 92.3 Å². The van der Waals surface area contributed by atoms with E-state index in [4.69, 9.17) is 11.6 Å². The second-order valence-corrected chi connectivity index (χ2v) is 11.2. The summed E-state index contributed by atoms with van der Waals surface area (Å²) in [5, 5.41) is 6.64. The van der Waals surface area contributed by atoms with Crippen LogP contribution in [0.4, 0.5) is 4.39 Å². The highest BCUT2D eigenvalue weighted by Crippen LogP contribution is 2.45. The summed E-state index contributed by atoms with van der Waals surface area (Å²) in [6.07, 6.45) is 7.88. The number of carbonyl (C=O) groups is 3. The van der Waals surface area contributed by atoms with Gasteiger partial charge in [-0.05, 0) is 59.9 Å². The van der Waals surface area contributed by atoms with Gasteiger partial charge in [-0.15, -0.1) is 0 Å². The van der Waals surface area contributed by atoms with Gasteiger partial charge in [0.15, 0.2) is 0 Å². The molecule has 0 spiro atoms. The second-order valence-electron chi connectivity index (χ2n) is 10.8. The van der Waals surface area contributed by atoms with E-state index in [1.54, 1.807) is 18.9 Å². The summed E-state index contributed by atoms with van der Waals surface area (Å²) < 4.78 is 13.7. The Labute approximate surface area is 237 Å². The van der Waals surface area contributed by atoms with E-state index in [1.165, 1.54) is 18.2 Å². The maximum absolute atomic E-state index is 13.7. The molecule has 0 unspecified atom stereocenters. The predicted octanol–water partition coefficient (Wildman–Crippen LogP) is 3.15. The molecule has 208 valence electrons. The van der Waals surface area contributed by atoms with Crippen LogP contribution < -0.4 is 10.6 Å². The van der Waals surface area contributed by atoms with E-state index >= 15 is 0 Å². The Kier molecular flexibility index (Phi) is 6.78. The number of hydrogen-bond donors (Lipinski definition) is 2. The Hall–Kier alpha value is -3.85. The smallest absolute Gasteiger partial charge is 0.258 e. The molecule has 10 heteroatoms. The summed E-state index contributed by atoms with van der Waals surface area (Å²) in [6.45, 7) is 4.22. The fraction of sp³-hybridized carbons (Fsp3) is 0.367. The number of fused-ring (bicyclic) bond motifs is 1. The predicted molar refractivity (Wildman–Crippen MR) is 149 cm³/mol. The molecule has 1 fully saturated rings. The van der Waals surface area contributed by atoms with E-state index in [0.29, 0.717) is 54.5 Å². The number of amides is 3. The van der Waals surface area contributed by atoms with Crippen molar-refractivity contribution in [2.45, 2.75) is 38.6 Å². The minimum atomic E-state index is -0.449. The second kappa shape index (κ2) is 10.3. The monoisotopic (exact) mass is 563 g/mol. The van der Waals surface area contributed by atoms with Gasteiger partial charge in [0, 0.05) is 80.0 Å². The lowest BCUT2D eigenvalue weighted by molar-refractivity contribution is -0.130. The third-order valence-electron chi connectivity index (χ3n) is 8.41. The van der Waals surface area contributed by atoms with Crippen molar-refractivity contribution >= 4 is 29.3 Å². The lowest BCUT2D eigenvalue weighted by Gasteiger charge is -2.41. The molecule has 0 bridgehead atoms. The summed E-state index contributed by atoms with van der Waals surface area (Å²) in [5.74, 6) is -0.711. The minimum Gasteiger partial charge on any atom is -0.385 e. The van der Waals surface area contributed by atoms with E-state index in [1.807, 2.05) is 23.3 Å². The molecule has 0 aromatic heterocycles. The van der Waals surface area contributed by atoms with Gasteiger partial charge in [0.25, 0.3) is 5.91 Å². The Balaban J connectivity index is 1.34. The average Bonchev–Trinajstić information content (AvgIpc) is 3.10. The largest absolute Gasteiger partial charge is 0.385 e. The van der Waals surface area contributed by atoms with Gasteiger partial charge in [0.2, 0.25) is 11.8 Å².